The monoisotopic (exact) mass is 261 g/mol. The van der Waals surface area contributed by atoms with Crippen molar-refractivity contribution in [3.63, 3.8) is 0 Å². The molecule has 0 radical (unpaired) electrons. The number of hydrogen-bond acceptors (Lipinski definition) is 2. The van der Waals surface area contributed by atoms with Gasteiger partial charge >= 0.3 is 5.97 Å². The first-order valence-electron chi connectivity index (χ1n) is 4.88. The Bertz CT molecular complexity index is 396. The van der Waals surface area contributed by atoms with Crippen LogP contribution in [0.15, 0.2) is 18.2 Å². The average molecular weight is 262 g/mol. The second-order valence-electron chi connectivity index (χ2n) is 3.45. The zero-order chi connectivity index (χ0) is 12.3. The van der Waals surface area contributed by atoms with Crippen LogP contribution in [0.2, 0.25) is 10.0 Å². The summed E-state index contributed by atoms with van der Waals surface area (Å²) in [5, 5.41) is 9.85. The number of likely N-dealkylation sites (N-methyl/N-ethyl adjacent to an activating group) is 1. The molecule has 1 atom stereocenters. The van der Waals surface area contributed by atoms with Crippen molar-refractivity contribution in [2.45, 2.75) is 19.4 Å². The Kier molecular flexibility index (Phi) is 4.44. The van der Waals surface area contributed by atoms with E-state index >= 15 is 0 Å². The molecule has 16 heavy (non-hydrogen) atoms. The van der Waals surface area contributed by atoms with Gasteiger partial charge in [-0.25, -0.2) is 4.79 Å². The van der Waals surface area contributed by atoms with Crippen molar-refractivity contribution < 1.29 is 9.90 Å². The molecule has 1 N–H and O–H groups in total. The first kappa shape index (κ1) is 13.1. The van der Waals surface area contributed by atoms with Crippen LogP contribution in [0.1, 0.15) is 13.3 Å². The molecule has 88 valence electrons. The number of carbonyl (C=O) groups is 1. The molecule has 0 fully saturated rings. The van der Waals surface area contributed by atoms with E-state index in [4.69, 9.17) is 28.3 Å². The third-order valence-electron chi connectivity index (χ3n) is 2.45. The molecule has 5 heteroatoms. The summed E-state index contributed by atoms with van der Waals surface area (Å²) in [6, 6.07) is 4.56. The predicted molar refractivity (Wildman–Crippen MR) is 66.6 cm³/mol. The number of aliphatic carboxylic acids is 1. The number of rotatable bonds is 4. The Morgan fingerprint density at radius 3 is 2.62 bits per heavy atom. The van der Waals surface area contributed by atoms with Crippen LogP contribution in [-0.4, -0.2) is 24.2 Å². The summed E-state index contributed by atoms with van der Waals surface area (Å²) in [7, 11) is 1.69. The molecule has 1 unspecified atom stereocenters. The van der Waals surface area contributed by atoms with Crippen molar-refractivity contribution in [1.29, 1.82) is 0 Å². The SMILES string of the molecule is CCC(C(=O)O)N(C)c1cccc(Cl)c1Cl. The standard InChI is InChI=1S/C11H13Cl2NO2/c1-3-8(11(15)16)14(2)9-6-4-5-7(12)10(9)13/h4-6,8H,3H2,1-2H3,(H,15,16). The molecule has 0 amide bonds. The molecule has 3 nitrogen and oxygen atoms in total. The van der Waals surface area contributed by atoms with Crippen LogP contribution < -0.4 is 4.90 Å². The third kappa shape index (κ3) is 2.60. The lowest BCUT2D eigenvalue weighted by Gasteiger charge is -2.26. The fraction of sp³-hybridized carbons (Fsp3) is 0.364. The third-order valence-corrected chi connectivity index (χ3v) is 3.26. The maximum atomic E-state index is 11.0. The molecular weight excluding hydrogens is 249 g/mol. The molecule has 1 rings (SSSR count). The minimum Gasteiger partial charge on any atom is -0.480 e. The summed E-state index contributed by atoms with van der Waals surface area (Å²) in [6.45, 7) is 1.81. The second kappa shape index (κ2) is 5.41. The van der Waals surface area contributed by atoms with Crippen LogP contribution >= 0.6 is 23.2 Å². The van der Waals surface area contributed by atoms with E-state index in [2.05, 4.69) is 0 Å². The summed E-state index contributed by atoms with van der Waals surface area (Å²) >= 11 is 11.9. The lowest BCUT2D eigenvalue weighted by molar-refractivity contribution is -0.138. The highest BCUT2D eigenvalue weighted by atomic mass is 35.5. The van der Waals surface area contributed by atoms with Crippen LogP contribution in [0.25, 0.3) is 0 Å². The van der Waals surface area contributed by atoms with Crippen molar-refractivity contribution in [2.24, 2.45) is 0 Å². The van der Waals surface area contributed by atoms with Gasteiger partial charge in [-0.1, -0.05) is 36.2 Å². The highest BCUT2D eigenvalue weighted by molar-refractivity contribution is 6.43. The second-order valence-corrected chi connectivity index (χ2v) is 4.23. The Morgan fingerprint density at radius 1 is 1.50 bits per heavy atom. The summed E-state index contributed by atoms with van der Waals surface area (Å²) in [5.74, 6) is -0.874. The summed E-state index contributed by atoms with van der Waals surface area (Å²) in [6.07, 6.45) is 0.495. The number of nitrogens with zero attached hydrogens (tertiary/aromatic N) is 1. The quantitative estimate of drug-likeness (QED) is 0.905. The Labute approximate surface area is 105 Å². The van der Waals surface area contributed by atoms with E-state index in [9.17, 15) is 4.79 Å². The van der Waals surface area contributed by atoms with E-state index < -0.39 is 12.0 Å². The van der Waals surface area contributed by atoms with E-state index in [1.54, 1.807) is 30.1 Å². The first-order valence-corrected chi connectivity index (χ1v) is 5.64. The molecule has 1 aromatic carbocycles. The van der Waals surface area contributed by atoms with Crippen LogP contribution in [-0.2, 0) is 4.79 Å². The lowest BCUT2D eigenvalue weighted by atomic mass is 10.2. The van der Waals surface area contributed by atoms with Gasteiger partial charge < -0.3 is 10.0 Å². The number of carboxylic acid groups (broad SMARTS) is 1. The van der Waals surface area contributed by atoms with Crippen LogP contribution in [0, 0.1) is 0 Å². The lowest BCUT2D eigenvalue weighted by Crippen LogP contribution is -2.38. The maximum Gasteiger partial charge on any atom is 0.326 e. The minimum atomic E-state index is -0.874. The van der Waals surface area contributed by atoms with E-state index in [1.165, 1.54) is 0 Å². The molecule has 0 aliphatic rings. The molecule has 0 aromatic heterocycles. The average Bonchev–Trinajstić information content (AvgIpc) is 2.22. The number of carboxylic acids is 1. The fourth-order valence-corrected chi connectivity index (χ4v) is 1.98. The van der Waals surface area contributed by atoms with Gasteiger partial charge in [-0.3, -0.25) is 0 Å². The molecule has 0 heterocycles. The summed E-state index contributed by atoms with van der Waals surface area (Å²) in [5.41, 5.74) is 0.628. The highest BCUT2D eigenvalue weighted by Crippen LogP contribution is 2.32. The largest absolute Gasteiger partial charge is 0.480 e. The van der Waals surface area contributed by atoms with Gasteiger partial charge in [-0.15, -0.1) is 0 Å². The molecule has 0 bridgehead atoms. The first-order chi connectivity index (χ1) is 7.49. The number of benzene rings is 1. The van der Waals surface area contributed by atoms with Gasteiger partial charge in [0.25, 0.3) is 0 Å². The van der Waals surface area contributed by atoms with Gasteiger partial charge in [-0.05, 0) is 18.6 Å². The van der Waals surface area contributed by atoms with Gasteiger partial charge in [0, 0.05) is 7.05 Å². The number of hydrogen-bond donors (Lipinski definition) is 1. The maximum absolute atomic E-state index is 11.0. The molecule has 1 aromatic rings. The van der Waals surface area contributed by atoms with Gasteiger partial charge in [0.15, 0.2) is 0 Å². The van der Waals surface area contributed by atoms with Crippen molar-refractivity contribution in [2.75, 3.05) is 11.9 Å². The number of anilines is 1. The number of halogens is 2. The molecular formula is C11H13Cl2NO2. The fourth-order valence-electron chi connectivity index (χ4n) is 1.55. The van der Waals surface area contributed by atoms with Crippen LogP contribution in [0.4, 0.5) is 5.69 Å². The molecule has 0 aliphatic heterocycles. The zero-order valence-electron chi connectivity index (χ0n) is 9.08. The Balaban J connectivity index is 3.08. The van der Waals surface area contributed by atoms with Crippen molar-refractivity contribution in [3.05, 3.63) is 28.2 Å². The van der Waals surface area contributed by atoms with Crippen molar-refractivity contribution in [3.8, 4) is 0 Å². The molecule has 0 aliphatic carbocycles. The van der Waals surface area contributed by atoms with Crippen molar-refractivity contribution in [1.82, 2.24) is 0 Å². The van der Waals surface area contributed by atoms with E-state index in [-0.39, 0.29) is 0 Å². The van der Waals surface area contributed by atoms with E-state index in [0.717, 1.165) is 0 Å². The summed E-state index contributed by atoms with van der Waals surface area (Å²) < 4.78 is 0. The van der Waals surface area contributed by atoms with Gasteiger partial charge in [-0.2, -0.15) is 0 Å². The smallest absolute Gasteiger partial charge is 0.326 e. The predicted octanol–water partition coefficient (Wildman–Crippen LogP) is 3.29. The Hall–Kier alpha value is -0.930. The summed E-state index contributed by atoms with van der Waals surface area (Å²) in [4.78, 5) is 12.6. The van der Waals surface area contributed by atoms with Crippen LogP contribution in [0.5, 0.6) is 0 Å². The molecule has 0 saturated carbocycles. The molecule has 0 saturated heterocycles. The molecule has 0 spiro atoms. The topological polar surface area (TPSA) is 40.5 Å². The van der Waals surface area contributed by atoms with E-state index in [1.807, 2.05) is 6.92 Å². The zero-order valence-corrected chi connectivity index (χ0v) is 10.6. The van der Waals surface area contributed by atoms with Crippen molar-refractivity contribution >= 4 is 34.9 Å². The van der Waals surface area contributed by atoms with Crippen LogP contribution in [0.3, 0.4) is 0 Å². The highest BCUT2D eigenvalue weighted by Gasteiger charge is 2.22. The van der Waals surface area contributed by atoms with Gasteiger partial charge in [0.05, 0.1) is 15.7 Å². The normalized spacial score (nSPS) is 12.2. The Morgan fingerprint density at radius 2 is 2.12 bits per heavy atom. The van der Waals surface area contributed by atoms with E-state index in [0.29, 0.717) is 22.2 Å². The van der Waals surface area contributed by atoms with Gasteiger partial charge in [0.2, 0.25) is 0 Å². The minimum absolute atomic E-state index is 0.381. The van der Waals surface area contributed by atoms with Gasteiger partial charge in [0.1, 0.15) is 6.04 Å².